The van der Waals surface area contributed by atoms with Crippen LogP contribution in [0.15, 0.2) is 76.5 Å². The van der Waals surface area contributed by atoms with Crippen molar-refractivity contribution in [1.82, 2.24) is 5.32 Å². The van der Waals surface area contributed by atoms with E-state index in [2.05, 4.69) is 10.0 Å². The van der Waals surface area contributed by atoms with Crippen LogP contribution in [0, 0.1) is 11.6 Å². The van der Waals surface area contributed by atoms with Crippen molar-refractivity contribution in [2.45, 2.75) is 22.3 Å². The molecule has 0 spiro atoms. The van der Waals surface area contributed by atoms with Gasteiger partial charge in [0.1, 0.15) is 11.6 Å². The van der Waals surface area contributed by atoms with E-state index in [-0.39, 0.29) is 28.0 Å². The van der Waals surface area contributed by atoms with E-state index in [1.54, 1.807) is 17.8 Å². The van der Waals surface area contributed by atoms with E-state index in [1.807, 2.05) is 0 Å². The summed E-state index contributed by atoms with van der Waals surface area (Å²) in [6.45, 7) is 0. The van der Waals surface area contributed by atoms with Gasteiger partial charge in [-0.25, -0.2) is 17.2 Å². The number of amides is 1. The second-order valence-electron chi connectivity index (χ2n) is 6.96. The van der Waals surface area contributed by atoms with Crippen molar-refractivity contribution in [3.8, 4) is 0 Å². The van der Waals surface area contributed by atoms with Crippen molar-refractivity contribution in [3.63, 3.8) is 0 Å². The number of anilines is 1. The van der Waals surface area contributed by atoms with Gasteiger partial charge < -0.3 is 5.32 Å². The number of hydrogen-bond donors (Lipinski definition) is 2. The van der Waals surface area contributed by atoms with Crippen LogP contribution in [0.5, 0.6) is 0 Å². The molecule has 1 heterocycles. The first kappa shape index (κ1) is 21.3. The number of rotatable bonds is 5. The summed E-state index contributed by atoms with van der Waals surface area (Å²) in [6.07, 6.45) is 0.625. The quantitative estimate of drug-likeness (QED) is 0.577. The first-order chi connectivity index (χ1) is 14.8. The molecule has 1 unspecified atom stereocenters. The topological polar surface area (TPSA) is 75.3 Å². The van der Waals surface area contributed by atoms with Crippen molar-refractivity contribution in [2.24, 2.45) is 0 Å². The number of hydrogen-bond acceptors (Lipinski definition) is 4. The molecule has 0 radical (unpaired) electrons. The van der Waals surface area contributed by atoms with Gasteiger partial charge in [-0.1, -0.05) is 18.2 Å². The molecule has 1 amide bonds. The molecule has 5 nitrogen and oxygen atoms in total. The van der Waals surface area contributed by atoms with Gasteiger partial charge in [0.2, 0.25) is 0 Å². The number of benzene rings is 3. The lowest BCUT2D eigenvalue weighted by Crippen LogP contribution is -2.31. The highest BCUT2D eigenvalue weighted by atomic mass is 32.2. The number of sulfonamides is 1. The molecule has 2 N–H and O–H groups in total. The van der Waals surface area contributed by atoms with Gasteiger partial charge in [0.05, 0.1) is 16.6 Å². The fourth-order valence-corrected chi connectivity index (χ4v) is 5.53. The van der Waals surface area contributed by atoms with Crippen LogP contribution >= 0.6 is 11.8 Å². The molecule has 4 rings (SSSR count). The lowest BCUT2D eigenvalue weighted by molar-refractivity contribution is 0.0934. The van der Waals surface area contributed by atoms with E-state index in [0.717, 1.165) is 16.7 Å². The predicted octanol–water partition coefficient (Wildman–Crippen LogP) is 4.73. The van der Waals surface area contributed by atoms with Crippen molar-refractivity contribution < 1.29 is 22.0 Å². The normalized spacial score (nSPS) is 15.7. The molecule has 0 aromatic heterocycles. The number of para-hydroxylation sites is 1. The molecule has 0 fully saturated rings. The molecule has 0 saturated heterocycles. The fourth-order valence-electron chi connectivity index (χ4n) is 3.31. The van der Waals surface area contributed by atoms with Gasteiger partial charge in [-0.3, -0.25) is 9.52 Å². The molecule has 31 heavy (non-hydrogen) atoms. The summed E-state index contributed by atoms with van der Waals surface area (Å²) < 4.78 is 55.1. The van der Waals surface area contributed by atoms with Crippen molar-refractivity contribution in [2.75, 3.05) is 10.5 Å². The Hall–Kier alpha value is -2.91. The van der Waals surface area contributed by atoms with Crippen LogP contribution in [0.3, 0.4) is 0 Å². The van der Waals surface area contributed by atoms with Gasteiger partial charge in [0.15, 0.2) is 0 Å². The van der Waals surface area contributed by atoms with Crippen LogP contribution in [0.1, 0.15) is 28.4 Å². The predicted molar refractivity (Wildman–Crippen MR) is 116 cm³/mol. The summed E-state index contributed by atoms with van der Waals surface area (Å²) in [7, 11) is -4.10. The lowest BCUT2D eigenvalue weighted by Gasteiger charge is -2.26. The first-order valence-corrected chi connectivity index (χ1v) is 11.9. The summed E-state index contributed by atoms with van der Waals surface area (Å²) in [6, 6.07) is 15.0. The second kappa shape index (κ2) is 8.68. The number of carbonyl (C=O) groups is 1. The van der Waals surface area contributed by atoms with E-state index in [1.165, 1.54) is 54.6 Å². The fraction of sp³-hybridized carbons (Fsp3) is 0.136. The Kier molecular flexibility index (Phi) is 5.97. The monoisotopic (exact) mass is 460 g/mol. The van der Waals surface area contributed by atoms with Crippen molar-refractivity contribution >= 4 is 33.4 Å². The molecular weight excluding hydrogens is 442 g/mol. The zero-order chi connectivity index (χ0) is 22.0. The summed E-state index contributed by atoms with van der Waals surface area (Å²) in [5.74, 6) is -0.797. The molecule has 1 aliphatic rings. The third-order valence-corrected chi connectivity index (χ3v) is 7.33. The Morgan fingerprint density at radius 3 is 2.61 bits per heavy atom. The van der Waals surface area contributed by atoms with E-state index < -0.39 is 21.7 Å². The van der Waals surface area contributed by atoms with Crippen LogP contribution in [-0.2, 0) is 10.0 Å². The maximum Gasteiger partial charge on any atom is 0.262 e. The molecule has 9 heteroatoms. The maximum absolute atomic E-state index is 13.8. The molecule has 3 aromatic carbocycles. The summed E-state index contributed by atoms with van der Waals surface area (Å²) in [4.78, 5) is 13.5. The van der Waals surface area contributed by atoms with E-state index in [9.17, 15) is 22.0 Å². The van der Waals surface area contributed by atoms with Crippen LogP contribution < -0.4 is 10.0 Å². The average Bonchev–Trinajstić information content (AvgIpc) is 2.76. The smallest absolute Gasteiger partial charge is 0.262 e. The van der Waals surface area contributed by atoms with E-state index in [0.29, 0.717) is 12.0 Å². The zero-order valence-corrected chi connectivity index (χ0v) is 17.8. The first-order valence-electron chi connectivity index (χ1n) is 9.44. The number of fused-ring (bicyclic) bond motifs is 1. The van der Waals surface area contributed by atoms with Crippen molar-refractivity contribution in [1.29, 1.82) is 0 Å². The number of halogens is 2. The van der Waals surface area contributed by atoms with E-state index >= 15 is 0 Å². The Balaban J connectivity index is 1.56. The highest BCUT2D eigenvalue weighted by molar-refractivity contribution is 7.99. The minimum atomic E-state index is -4.10. The van der Waals surface area contributed by atoms with Gasteiger partial charge in [0, 0.05) is 16.2 Å². The molecule has 3 aromatic rings. The van der Waals surface area contributed by atoms with Crippen molar-refractivity contribution in [3.05, 3.63) is 89.5 Å². The largest absolute Gasteiger partial charge is 0.345 e. The third kappa shape index (κ3) is 4.72. The molecule has 0 bridgehead atoms. The molecule has 0 aliphatic carbocycles. The molecule has 1 atom stereocenters. The SMILES string of the molecule is O=C(NC1CCSc2ccc(F)cc21)c1cccc(S(=O)(=O)Nc2ccccc2F)c1. The Morgan fingerprint density at radius 2 is 1.81 bits per heavy atom. The second-order valence-corrected chi connectivity index (χ2v) is 9.78. The summed E-state index contributed by atoms with van der Waals surface area (Å²) >= 11 is 1.60. The lowest BCUT2D eigenvalue weighted by atomic mass is 10.0. The van der Waals surface area contributed by atoms with Crippen LogP contribution in [0.4, 0.5) is 14.5 Å². The number of nitrogens with one attached hydrogen (secondary N) is 2. The molecule has 1 aliphatic heterocycles. The van der Waals surface area contributed by atoms with Crippen LogP contribution in [-0.4, -0.2) is 20.1 Å². The minimum Gasteiger partial charge on any atom is -0.345 e. The van der Waals surface area contributed by atoms with Gasteiger partial charge >= 0.3 is 0 Å². The van der Waals surface area contributed by atoms with Crippen LogP contribution in [0.25, 0.3) is 0 Å². The standard InChI is InChI=1S/C22H18F2N2O3S2/c23-15-8-9-21-17(13-15)19(10-11-30-21)25-22(27)14-4-3-5-16(12-14)31(28,29)26-20-7-2-1-6-18(20)24/h1-9,12-13,19,26H,10-11H2,(H,25,27). The Bertz CT molecular complexity index is 1250. The number of thioether (sulfide) groups is 1. The van der Waals surface area contributed by atoms with E-state index in [4.69, 9.17) is 0 Å². The summed E-state index contributed by atoms with van der Waals surface area (Å²) in [5.41, 5.74) is 0.651. The summed E-state index contributed by atoms with van der Waals surface area (Å²) in [5, 5.41) is 2.86. The molecule has 0 saturated carbocycles. The molecular formula is C22H18F2N2O3S2. The Labute approximate surface area is 182 Å². The Morgan fingerprint density at radius 1 is 1.00 bits per heavy atom. The van der Waals surface area contributed by atoms with Gasteiger partial charge in [-0.2, -0.15) is 0 Å². The highest BCUT2D eigenvalue weighted by Crippen LogP contribution is 2.36. The minimum absolute atomic E-state index is 0.132. The highest BCUT2D eigenvalue weighted by Gasteiger charge is 2.24. The van der Waals surface area contributed by atoms with Gasteiger partial charge in [-0.15, -0.1) is 11.8 Å². The zero-order valence-electron chi connectivity index (χ0n) is 16.1. The third-order valence-electron chi connectivity index (χ3n) is 4.84. The van der Waals surface area contributed by atoms with Crippen LogP contribution in [0.2, 0.25) is 0 Å². The molecule has 160 valence electrons. The number of carbonyl (C=O) groups excluding carboxylic acids is 1. The van der Waals surface area contributed by atoms with Gasteiger partial charge in [-0.05, 0) is 60.5 Å². The van der Waals surface area contributed by atoms with Gasteiger partial charge in [0.25, 0.3) is 15.9 Å². The average molecular weight is 461 g/mol. The maximum atomic E-state index is 13.8.